The van der Waals surface area contributed by atoms with Gasteiger partial charge in [0.15, 0.2) is 16.1 Å². The first-order valence-corrected chi connectivity index (χ1v) is 13.5. The van der Waals surface area contributed by atoms with E-state index in [-0.39, 0.29) is 23.6 Å². The number of thiazole rings is 1. The summed E-state index contributed by atoms with van der Waals surface area (Å²) in [5.41, 5.74) is 2.38. The van der Waals surface area contributed by atoms with E-state index in [1.54, 1.807) is 6.07 Å². The summed E-state index contributed by atoms with van der Waals surface area (Å²) < 4.78 is 2.62. The van der Waals surface area contributed by atoms with E-state index in [1.807, 2.05) is 72.3 Å². The lowest BCUT2D eigenvalue weighted by Crippen LogP contribution is -2.29. The molecule has 8 nitrogen and oxygen atoms in total. The summed E-state index contributed by atoms with van der Waals surface area (Å²) in [4.78, 5) is 29.7. The van der Waals surface area contributed by atoms with Gasteiger partial charge in [-0.05, 0) is 41.9 Å². The smallest absolute Gasteiger partial charge is 0.253 e. The number of hydrogen-bond acceptors (Lipinski definition) is 7. The minimum absolute atomic E-state index is 0.163. The predicted molar refractivity (Wildman–Crippen MR) is 143 cm³/mol. The zero-order valence-corrected chi connectivity index (χ0v) is 22.3. The van der Waals surface area contributed by atoms with Crippen molar-refractivity contribution in [1.82, 2.24) is 25.1 Å². The molecule has 0 spiro atoms. The van der Waals surface area contributed by atoms with Gasteiger partial charge in [0, 0.05) is 22.0 Å². The standard InChI is InChI=1S/C24H23BrN6O2S2/c1-3-31-21(15(2)26-22(33)17-11-7-8-12-18(17)25)29-30-24(31)35-14-20(32)28-23-27-19(13-34-23)16-9-5-4-6-10-16/h4-13,15H,3,14H2,1-2H3,(H,26,33)(H,27,28,32)/t15-/m1/s1. The number of anilines is 1. The number of nitrogens with zero attached hydrogens (tertiary/aromatic N) is 4. The van der Waals surface area contributed by atoms with Crippen molar-refractivity contribution in [3.8, 4) is 11.3 Å². The number of benzene rings is 2. The molecule has 0 saturated heterocycles. The van der Waals surface area contributed by atoms with Crippen molar-refractivity contribution in [2.24, 2.45) is 0 Å². The molecule has 0 fully saturated rings. The summed E-state index contributed by atoms with van der Waals surface area (Å²) in [7, 11) is 0. The van der Waals surface area contributed by atoms with Gasteiger partial charge < -0.3 is 15.2 Å². The van der Waals surface area contributed by atoms with Crippen molar-refractivity contribution in [1.29, 1.82) is 0 Å². The molecule has 2 amide bonds. The van der Waals surface area contributed by atoms with Crippen molar-refractivity contribution in [2.75, 3.05) is 11.1 Å². The van der Waals surface area contributed by atoms with Gasteiger partial charge in [0.05, 0.1) is 23.1 Å². The van der Waals surface area contributed by atoms with Crippen LogP contribution in [-0.4, -0.2) is 37.3 Å². The number of carbonyl (C=O) groups excluding carboxylic acids is 2. The van der Waals surface area contributed by atoms with Gasteiger partial charge in [-0.1, -0.05) is 54.2 Å². The predicted octanol–water partition coefficient (Wildman–Crippen LogP) is 5.41. The van der Waals surface area contributed by atoms with E-state index < -0.39 is 0 Å². The highest BCUT2D eigenvalue weighted by molar-refractivity contribution is 9.10. The first-order chi connectivity index (χ1) is 17.0. The third-order valence-corrected chi connectivity index (χ3v) is 7.48. The Bertz CT molecular complexity index is 1320. The van der Waals surface area contributed by atoms with E-state index in [0.717, 1.165) is 15.7 Å². The second kappa shape index (κ2) is 11.6. The topological polar surface area (TPSA) is 102 Å². The molecule has 4 rings (SSSR count). The number of carbonyl (C=O) groups is 2. The zero-order valence-electron chi connectivity index (χ0n) is 19.1. The Hall–Kier alpha value is -3.02. The minimum atomic E-state index is -0.364. The molecule has 0 bridgehead atoms. The maximum atomic E-state index is 12.7. The second-order valence-corrected chi connectivity index (χ2v) is 10.2. The van der Waals surface area contributed by atoms with Crippen LogP contribution in [0.15, 0.2) is 69.6 Å². The summed E-state index contributed by atoms with van der Waals surface area (Å²) >= 11 is 6.09. The first kappa shape index (κ1) is 25.1. The van der Waals surface area contributed by atoms with Gasteiger partial charge in [-0.3, -0.25) is 9.59 Å². The average molecular weight is 572 g/mol. The van der Waals surface area contributed by atoms with Gasteiger partial charge in [0.1, 0.15) is 0 Å². The van der Waals surface area contributed by atoms with Crippen LogP contribution in [0, 0.1) is 0 Å². The Balaban J connectivity index is 1.36. The highest BCUT2D eigenvalue weighted by Crippen LogP contribution is 2.26. The van der Waals surface area contributed by atoms with E-state index in [4.69, 9.17) is 0 Å². The van der Waals surface area contributed by atoms with Crippen LogP contribution in [0.5, 0.6) is 0 Å². The van der Waals surface area contributed by atoms with Crippen molar-refractivity contribution in [3.63, 3.8) is 0 Å². The summed E-state index contributed by atoms with van der Waals surface area (Å²) in [6, 6.07) is 16.7. The lowest BCUT2D eigenvalue weighted by Gasteiger charge is -2.15. The molecule has 2 N–H and O–H groups in total. The molecule has 4 aromatic rings. The lowest BCUT2D eigenvalue weighted by atomic mass is 10.2. The van der Waals surface area contributed by atoms with Crippen LogP contribution < -0.4 is 10.6 Å². The normalized spacial score (nSPS) is 11.7. The molecule has 0 aliphatic heterocycles. The molecule has 0 unspecified atom stereocenters. The third-order valence-electron chi connectivity index (χ3n) is 5.07. The summed E-state index contributed by atoms with van der Waals surface area (Å²) in [5, 5.41) is 17.4. The summed E-state index contributed by atoms with van der Waals surface area (Å²) in [5.74, 6) is 0.410. The highest BCUT2D eigenvalue weighted by Gasteiger charge is 2.21. The largest absolute Gasteiger partial charge is 0.342 e. The van der Waals surface area contributed by atoms with E-state index in [9.17, 15) is 9.59 Å². The molecule has 11 heteroatoms. The summed E-state index contributed by atoms with van der Waals surface area (Å²) in [6.07, 6.45) is 0. The molecule has 0 aliphatic carbocycles. The van der Waals surface area contributed by atoms with Crippen LogP contribution in [0.1, 0.15) is 36.1 Å². The molecule has 1 atom stereocenters. The molecular formula is C24H23BrN6O2S2. The number of thioether (sulfide) groups is 1. The fraction of sp³-hybridized carbons (Fsp3) is 0.208. The Morgan fingerprint density at radius 3 is 2.60 bits per heavy atom. The lowest BCUT2D eigenvalue weighted by molar-refractivity contribution is -0.113. The van der Waals surface area contributed by atoms with Crippen LogP contribution in [0.4, 0.5) is 5.13 Å². The van der Waals surface area contributed by atoms with E-state index in [1.165, 1.54) is 23.1 Å². The van der Waals surface area contributed by atoms with Crippen LogP contribution in [0.2, 0.25) is 0 Å². The van der Waals surface area contributed by atoms with E-state index in [0.29, 0.717) is 28.2 Å². The molecule has 0 aliphatic rings. The maximum absolute atomic E-state index is 12.7. The highest BCUT2D eigenvalue weighted by atomic mass is 79.9. The van der Waals surface area contributed by atoms with Gasteiger partial charge in [0.2, 0.25) is 5.91 Å². The molecule has 2 heterocycles. The Kier molecular flexibility index (Phi) is 8.32. The minimum Gasteiger partial charge on any atom is -0.342 e. The fourth-order valence-electron chi connectivity index (χ4n) is 3.37. The fourth-order valence-corrected chi connectivity index (χ4v) is 5.38. The molecule has 0 saturated carbocycles. The molecule has 180 valence electrons. The third kappa shape index (κ3) is 6.16. The zero-order chi connectivity index (χ0) is 24.8. The summed E-state index contributed by atoms with van der Waals surface area (Å²) in [6.45, 7) is 4.44. The first-order valence-electron chi connectivity index (χ1n) is 10.9. The number of hydrogen-bond donors (Lipinski definition) is 2. The van der Waals surface area contributed by atoms with Crippen LogP contribution >= 0.6 is 39.0 Å². The Labute approximate surface area is 219 Å². The Morgan fingerprint density at radius 2 is 1.86 bits per heavy atom. The molecular weight excluding hydrogens is 548 g/mol. The number of amides is 2. The van der Waals surface area contributed by atoms with Crippen molar-refractivity contribution in [3.05, 3.63) is 75.8 Å². The van der Waals surface area contributed by atoms with Crippen molar-refractivity contribution < 1.29 is 9.59 Å². The number of rotatable bonds is 9. The average Bonchev–Trinajstić information content (AvgIpc) is 3.50. The van der Waals surface area contributed by atoms with Gasteiger partial charge in [0.25, 0.3) is 5.91 Å². The number of halogens is 1. The van der Waals surface area contributed by atoms with E-state index in [2.05, 4.69) is 41.7 Å². The quantitative estimate of drug-likeness (QED) is 0.261. The SMILES string of the molecule is CCn1c(SCC(=O)Nc2nc(-c3ccccc3)cs2)nnc1[C@@H](C)NC(=O)c1ccccc1Br. The van der Waals surface area contributed by atoms with Gasteiger partial charge in [-0.2, -0.15) is 0 Å². The maximum Gasteiger partial charge on any atom is 0.253 e. The van der Waals surface area contributed by atoms with Gasteiger partial charge >= 0.3 is 0 Å². The molecule has 2 aromatic heterocycles. The Morgan fingerprint density at radius 1 is 1.11 bits per heavy atom. The molecule has 0 radical (unpaired) electrons. The monoisotopic (exact) mass is 570 g/mol. The van der Waals surface area contributed by atoms with Crippen LogP contribution in [0.25, 0.3) is 11.3 Å². The number of aromatic nitrogens is 4. The number of nitrogens with one attached hydrogen (secondary N) is 2. The van der Waals surface area contributed by atoms with Crippen molar-refractivity contribution in [2.45, 2.75) is 31.6 Å². The van der Waals surface area contributed by atoms with Crippen molar-refractivity contribution >= 4 is 56.0 Å². The van der Waals surface area contributed by atoms with Gasteiger partial charge in [-0.15, -0.1) is 21.5 Å². The second-order valence-electron chi connectivity index (χ2n) is 7.50. The molecule has 35 heavy (non-hydrogen) atoms. The van der Waals surface area contributed by atoms with Gasteiger partial charge in [-0.25, -0.2) is 4.98 Å². The van der Waals surface area contributed by atoms with Crippen LogP contribution in [0.3, 0.4) is 0 Å². The van der Waals surface area contributed by atoms with Crippen LogP contribution in [-0.2, 0) is 11.3 Å². The van der Waals surface area contributed by atoms with E-state index >= 15 is 0 Å². The molecule has 2 aromatic carbocycles.